The number of hydrogen-bond donors (Lipinski definition) is 1. The highest BCUT2D eigenvalue weighted by Crippen LogP contribution is 2.32. The highest BCUT2D eigenvalue weighted by atomic mass is 16.3. The molecule has 1 fully saturated rings. The number of nitrogens with one attached hydrogen (secondary N) is 1. The first-order valence-electron chi connectivity index (χ1n) is 9.29. The Bertz CT molecular complexity index is 1080. The third kappa shape index (κ3) is 3.05. The molecule has 0 bridgehead atoms. The second-order valence-corrected chi connectivity index (χ2v) is 7.37. The van der Waals surface area contributed by atoms with E-state index in [9.17, 15) is 9.59 Å². The molecule has 3 heterocycles. The van der Waals surface area contributed by atoms with Gasteiger partial charge in [0.25, 0.3) is 11.5 Å². The quantitative estimate of drug-likeness (QED) is 0.754. The number of carbonyl (C=O) groups is 1. The van der Waals surface area contributed by atoms with Crippen molar-refractivity contribution in [1.29, 1.82) is 0 Å². The number of piperidine rings is 1. The van der Waals surface area contributed by atoms with Crippen LogP contribution in [-0.4, -0.2) is 33.9 Å². The lowest BCUT2D eigenvalue weighted by molar-refractivity contribution is 0.0675. The molecule has 1 amide bonds. The standard InChI is InChI=1S/C21H23N3O3/c1-12-6-7-16-14(3)20(27-19(16)13(12)2)21(26)24-8-4-5-15(10-24)17-9-18(25)23-11-22-17/h6-7,9,11,15H,4-5,8,10H2,1-3H3,(H,22,23,25)/t15-/m1/s1. The van der Waals surface area contributed by atoms with Gasteiger partial charge in [0.05, 0.1) is 12.0 Å². The molecule has 1 saturated heterocycles. The number of aromatic amines is 1. The van der Waals surface area contributed by atoms with Gasteiger partial charge in [0.15, 0.2) is 5.76 Å². The van der Waals surface area contributed by atoms with E-state index in [4.69, 9.17) is 4.42 Å². The van der Waals surface area contributed by atoms with Crippen LogP contribution in [0.1, 0.15) is 51.7 Å². The van der Waals surface area contributed by atoms with Gasteiger partial charge in [-0.3, -0.25) is 9.59 Å². The number of carbonyl (C=O) groups excluding carboxylic acids is 1. The fourth-order valence-corrected chi connectivity index (χ4v) is 3.88. The Morgan fingerprint density at radius 2 is 2.07 bits per heavy atom. The molecule has 27 heavy (non-hydrogen) atoms. The van der Waals surface area contributed by atoms with Crippen molar-refractivity contribution in [3.05, 3.63) is 63.0 Å². The molecule has 0 aliphatic carbocycles. The predicted molar refractivity (Wildman–Crippen MR) is 103 cm³/mol. The molecular formula is C21H23N3O3. The molecule has 6 nitrogen and oxygen atoms in total. The Labute approximate surface area is 157 Å². The molecule has 140 valence electrons. The van der Waals surface area contributed by atoms with Crippen LogP contribution in [0.4, 0.5) is 0 Å². The SMILES string of the molecule is Cc1ccc2c(C)c(C(=O)N3CCC[C@@H](c4cc(=O)[nH]cn4)C3)oc2c1C. The van der Waals surface area contributed by atoms with Crippen LogP contribution in [0.3, 0.4) is 0 Å². The lowest BCUT2D eigenvalue weighted by Gasteiger charge is -2.32. The summed E-state index contributed by atoms with van der Waals surface area (Å²) in [6, 6.07) is 5.60. The Balaban J connectivity index is 1.64. The van der Waals surface area contributed by atoms with E-state index in [-0.39, 0.29) is 17.4 Å². The summed E-state index contributed by atoms with van der Waals surface area (Å²) in [6.45, 7) is 7.23. The van der Waals surface area contributed by atoms with Crippen molar-refractivity contribution in [2.75, 3.05) is 13.1 Å². The zero-order valence-corrected chi connectivity index (χ0v) is 15.8. The van der Waals surface area contributed by atoms with E-state index < -0.39 is 0 Å². The summed E-state index contributed by atoms with van der Waals surface area (Å²) in [7, 11) is 0. The van der Waals surface area contributed by atoms with E-state index in [1.54, 1.807) is 0 Å². The molecule has 3 aromatic rings. The Kier molecular flexibility index (Phi) is 4.34. The first-order valence-corrected chi connectivity index (χ1v) is 9.29. The average Bonchev–Trinajstić information content (AvgIpc) is 3.01. The molecule has 0 spiro atoms. The van der Waals surface area contributed by atoms with Gasteiger partial charge < -0.3 is 14.3 Å². The molecule has 0 radical (unpaired) electrons. The number of aryl methyl sites for hydroxylation is 3. The summed E-state index contributed by atoms with van der Waals surface area (Å²) in [5.41, 5.74) is 4.47. The highest BCUT2D eigenvalue weighted by molar-refractivity contribution is 5.99. The molecule has 1 aliphatic heterocycles. The minimum absolute atomic E-state index is 0.0682. The summed E-state index contributed by atoms with van der Waals surface area (Å²) >= 11 is 0. The molecule has 4 rings (SSSR count). The van der Waals surface area contributed by atoms with Gasteiger partial charge in [-0.2, -0.15) is 0 Å². The second kappa shape index (κ2) is 6.68. The Morgan fingerprint density at radius 3 is 2.85 bits per heavy atom. The number of likely N-dealkylation sites (tertiary alicyclic amines) is 1. The lowest BCUT2D eigenvalue weighted by atomic mass is 9.94. The number of benzene rings is 1. The fourth-order valence-electron chi connectivity index (χ4n) is 3.88. The molecular weight excluding hydrogens is 342 g/mol. The van der Waals surface area contributed by atoms with Crippen LogP contribution in [0.2, 0.25) is 0 Å². The second-order valence-electron chi connectivity index (χ2n) is 7.37. The normalized spacial score (nSPS) is 17.4. The molecule has 0 unspecified atom stereocenters. The molecule has 1 aliphatic rings. The molecule has 1 aromatic carbocycles. The topological polar surface area (TPSA) is 79.2 Å². The number of rotatable bonds is 2. The molecule has 2 aromatic heterocycles. The van der Waals surface area contributed by atoms with Crippen LogP contribution >= 0.6 is 0 Å². The molecule has 6 heteroatoms. The summed E-state index contributed by atoms with van der Waals surface area (Å²) < 4.78 is 6.02. The number of furan rings is 1. The molecule has 1 N–H and O–H groups in total. The minimum Gasteiger partial charge on any atom is -0.450 e. The van der Waals surface area contributed by atoms with Crippen LogP contribution in [0, 0.1) is 20.8 Å². The van der Waals surface area contributed by atoms with E-state index >= 15 is 0 Å². The van der Waals surface area contributed by atoms with E-state index in [1.165, 1.54) is 12.4 Å². The first-order chi connectivity index (χ1) is 13.0. The van der Waals surface area contributed by atoms with Gasteiger partial charge in [-0.05, 0) is 44.7 Å². The smallest absolute Gasteiger partial charge is 0.289 e. The van der Waals surface area contributed by atoms with Crippen LogP contribution in [0.5, 0.6) is 0 Å². The Hall–Kier alpha value is -2.89. The maximum Gasteiger partial charge on any atom is 0.289 e. The number of aromatic nitrogens is 2. The molecule has 1 atom stereocenters. The third-order valence-corrected chi connectivity index (χ3v) is 5.65. The maximum absolute atomic E-state index is 13.2. The Morgan fingerprint density at radius 1 is 1.26 bits per heavy atom. The van der Waals surface area contributed by atoms with Gasteiger partial charge in [0.1, 0.15) is 5.58 Å². The maximum atomic E-state index is 13.2. The lowest BCUT2D eigenvalue weighted by Crippen LogP contribution is -2.39. The van der Waals surface area contributed by atoms with Gasteiger partial charge in [-0.25, -0.2) is 4.98 Å². The van der Waals surface area contributed by atoms with Crippen molar-refractivity contribution < 1.29 is 9.21 Å². The van der Waals surface area contributed by atoms with Crippen LogP contribution < -0.4 is 5.56 Å². The van der Waals surface area contributed by atoms with Gasteiger partial charge in [0.2, 0.25) is 0 Å². The first kappa shape index (κ1) is 17.5. The van der Waals surface area contributed by atoms with Gasteiger partial charge in [-0.1, -0.05) is 12.1 Å². The summed E-state index contributed by atoms with van der Waals surface area (Å²) in [5, 5.41) is 0.992. The van der Waals surface area contributed by atoms with Crippen molar-refractivity contribution >= 4 is 16.9 Å². The number of H-pyrrole nitrogens is 1. The van der Waals surface area contributed by atoms with Crippen LogP contribution in [0.25, 0.3) is 11.0 Å². The van der Waals surface area contributed by atoms with Gasteiger partial charge >= 0.3 is 0 Å². The average molecular weight is 365 g/mol. The number of fused-ring (bicyclic) bond motifs is 1. The van der Waals surface area contributed by atoms with E-state index in [0.29, 0.717) is 18.8 Å². The monoisotopic (exact) mass is 365 g/mol. The molecule has 0 saturated carbocycles. The summed E-state index contributed by atoms with van der Waals surface area (Å²) in [6.07, 6.45) is 3.22. The summed E-state index contributed by atoms with van der Waals surface area (Å²) in [5.74, 6) is 0.396. The number of amides is 1. The van der Waals surface area contributed by atoms with Crippen LogP contribution in [0.15, 0.2) is 33.7 Å². The zero-order valence-electron chi connectivity index (χ0n) is 15.8. The summed E-state index contributed by atoms with van der Waals surface area (Å²) in [4.78, 5) is 33.4. The number of hydrogen-bond acceptors (Lipinski definition) is 4. The van der Waals surface area contributed by atoms with Crippen molar-refractivity contribution in [3.8, 4) is 0 Å². The minimum atomic E-state index is -0.164. The van der Waals surface area contributed by atoms with Crippen molar-refractivity contribution in [3.63, 3.8) is 0 Å². The third-order valence-electron chi connectivity index (χ3n) is 5.65. The predicted octanol–water partition coefficient (Wildman–Crippen LogP) is 3.46. The van der Waals surface area contributed by atoms with Gasteiger partial charge in [-0.15, -0.1) is 0 Å². The van der Waals surface area contributed by atoms with Crippen molar-refractivity contribution in [1.82, 2.24) is 14.9 Å². The van der Waals surface area contributed by atoms with E-state index in [2.05, 4.69) is 16.0 Å². The van der Waals surface area contributed by atoms with E-state index in [0.717, 1.165) is 46.2 Å². The van der Waals surface area contributed by atoms with Crippen molar-refractivity contribution in [2.24, 2.45) is 0 Å². The number of nitrogens with zero attached hydrogens (tertiary/aromatic N) is 2. The van der Waals surface area contributed by atoms with Crippen LogP contribution in [-0.2, 0) is 0 Å². The fraction of sp³-hybridized carbons (Fsp3) is 0.381. The van der Waals surface area contributed by atoms with Crippen molar-refractivity contribution in [2.45, 2.75) is 39.5 Å². The highest BCUT2D eigenvalue weighted by Gasteiger charge is 2.30. The largest absolute Gasteiger partial charge is 0.450 e. The van der Waals surface area contributed by atoms with E-state index in [1.807, 2.05) is 31.7 Å². The zero-order chi connectivity index (χ0) is 19.1. The van der Waals surface area contributed by atoms with Gasteiger partial charge in [0, 0.05) is 36.0 Å².